The van der Waals surface area contributed by atoms with Crippen LogP contribution in [0.15, 0.2) is 0 Å². The van der Waals surface area contributed by atoms with Crippen LogP contribution in [0, 0.1) is 0 Å². The maximum Gasteiger partial charge on any atom is 0.125 e. The monoisotopic (exact) mass is 254 g/mol. The molecular formula is C13H22N2OS. The molecule has 0 spiro atoms. The number of methoxy groups -OCH3 is 1. The summed E-state index contributed by atoms with van der Waals surface area (Å²) < 4.78 is 5.74. The highest BCUT2D eigenvalue weighted by Gasteiger charge is 2.34. The molecule has 0 radical (unpaired) electrons. The summed E-state index contributed by atoms with van der Waals surface area (Å²) in [6.45, 7) is 4.32. The van der Waals surface area contributed by atoms with Gasteiger partial charge in [-0.05, 0) is 32.1 Å². The van der Waals surface area contributed by atoms with Gasteiger partial charge in [0.1, 0.15) is 10.6 Å². The first-order valence-electron chi connectivity index (χ1n) is 6.47. The molecule has 3 nitrogen and oxygen atoms in total. The molecule has 17 heavy (non-hydrogen) atoms. The zero-order valence-corrected chi connectivity index (χ0v) is 11.8. The van der Waals surface area contributed by atoms with Gasteiger partial charge in [-0.25, -0.2) is 4.98 Å². The summed E-state index contributed by atoms with van der Waals surface area (Å²) in [7, 11) is 1.79. The van der Waals surface area contributed by atoms with Gasteiger partial charge in [-0.1, -0.05) is 13.8 Å². The molecule has 1 aliphatic rings. The second-order valence-corrected chi connectivity index (χ2v) is 5.76. The molecule has 1 unspecified atom stereocenters. The van der Waals surface area contributed by atoms with Crippen molar-refractivity contribution in [1.82, 2.24) is 4.98 Å². The fraction of sp³-hybridized carbons (Fsp3) is 0.769. The highest BCUT2D eigenvalue weighted by molar-refractivity contribution is 7.12. The highest BCUT2D eigenvalue weighted by Crippen LogP contribution is 2.40. The molecule has 2 rings (SSSR count). The molecule has 96 valence electrons. The van der Waals surface area contributed by atoms with Crippen LogP contribution < -0.4 is 5.73 Å². The molecule has 1 aliphatic carbocycles. The summed E-state index contributed by atoms with van der Waals surface area (Å²) in [5, 5.41) is 1.12. The molecule has 0 saturated carbocycles. The summed E-state index contributed by atoms with van der Waals surface area (Å²) in [4.78, 5) is 6.09. The molecule has 1 atom stereocenters. The van der Waals surface area contributed by atoms with Gasteiger partial charge in [0.05, 0.1) is 5.69 Å². The number of fused-ring (bicyclic) bond motifs is 1. The molecule has 0 saturated heterocycles. The molecule has 0 aliphatic heterocycles. The summed E-state index contributed by atoms with van der Waals surface area (Å²) in [5.41, 5.74) is 7.17. The van der Waals surface area contributed by atoms with Crippen molar-refractivity contribution >= 4 is 11.3 Å². The van der Waals surface area contributed by atoms with Crippen LogP contribution >= 0.6 is 11.3 Å². The Labute approximate surface area is 107 Å². The zero-order valence-electron chi connectivity index (χ0n) is 11.0. The number of nitrogens with zero attached hydrogens (tertiary/aromatic N) is 1. The highest BCUT2D eigenvalue weighted by atomic mass is 32.1. The van der Waals surface area contributed by atoms with E-state index < -0.39 is 0 Å². The van der Waals surface area contributed by atoms with Gasteiger partial charge in [0.2, 0.25) is 0 Å². The third-order valence-corrected chi connectivity index (χ3v) is 5.33. The van der Waals surface area contributed by atoms with Crippen molar-refractivity contribution in [2.45, 2.75) is 57.6 Å². The molecule has 4 heteroatoms. The normalized spacial score (nSPS) is 20.4. The number of aryl methyl sites for hydroxylation is 1. The third kappa shape index (κ3) is 2.14. The molecule has 1 aromatic heterocycles. The number of hydrogen-bond acceptors (Lipinski definition) is 4. The number of rotatable bonds is 4. The lowest BCUT2D eigenvalue weighted by atomic mass is 9.97. The van der Waals surface area contributed by atoms with Gasteiger partial charge >= 0.3 is 0 Å². The van der Waals surface area contributed by atoms with Crippen LogP contribution in [0.5, 0.6) is 0 Å². The van der Waals surface area contributed by atoms with Crippen molar-refractivity contribution in [3.8, 4) is 0 Å². The van der Waals surface area contributed by atoms with Crippen LogP contribution in [0.3, 0.4) is 0 Å². The summed E-state index contributed by atoms with van der Waals surface area (Å²) in [6, 6.07) is 0.188. The minimum absolute atomic E-state index is 0.188. The summed E-state index contributed by atoms with van der Waals surface area (Å²) >= 11 is 1.76. The molecule has 0 amide bonds. The molecule has 1 heterocycles. The minimum atomic E-state index is -0.207. The standard InChI is InChI=1S/C13H22N2OS/c1-4-13(5-2,16-3)12-15-10-8-6-7-9(14)11(10)17-12/h9H,4-8,14H2,1-3H3. The fourth-order valence-corrected chi connectivity index (χ4v) is 4.03. The number of hydrogen-bond donors (Lipinski definition) is 1. The van der Waals surface area contributed by atoms with Gasteiger partial charge in [0.15, 0.2) is 0 Å². The second kappa shape index (κ2) is 5.04. The van der Waals surface area contributed by atoms with Crippen LogP contribution in [-0.4, -0.2) is 12.1 Å². The quantitative estimate of drug-likeness (QED) is 0.898. The average molecular weight is 254 g/mol. The van der Waals surface area contributed by atoms with Crippen molar-refractivity contribution in [1.29, 1.82) is 0 Å². The Kier molecular flexibility index (Phi) is 3.85. The lowest BCUT2D eigenvalue weighted by Gasteiger charge is -2.27. The molecule has 2 N–H and O–H groups in total. The Hall–Kier alpha value is -0.450. The van der Waals surface area contributed by atoms with E-state index in [0.29, 0.717) is 0 Å². The number of ether oxygens (including phenoxy) is 1. The van der Waals surface area contributed by atoms with Gasteiger partial charge < -0.3 is 10.5 Å². The van der Waals surface area contributed by atoms with Crippen molar-refractivity contribution in [3.05, 3.63) is 15.6 Å². The lowest BCUT2D eigenvalue weighted by Crippen LogP contribution is -2.26. The summed E-state index contributed by atoms with van der Waals surface area (Å²) in [6.07, 6.45) is 5.25. The fourth-order valence-electron chi connectivity index (χ4n) is 2.58. The number of thiazole rings is 1. The average Bonchev–Trinajstić information content (AvgIpc) is 2.78. The first-order valence-corrected chi connectivity index (χ1v) is 7.29. The largest absolute Gasteiger partial charge is 0.371 e. The van der Waals surface area contributed by atoms with E-state index >= 15 is 0 Å². The van der Waals surface area contributed by atoms with Gasteiger partial charge in [-0.3, -0.25) is 0 Å². The first-order chi connectivity index (χ1) is 8.16. The molecule has 0 fully saturated rings. The van der Waals surface area contributed by atoms with Crippen LogP contribution in [0.25, 0.3) is 0 Å². The second-order valence-electron chi connectivity index (χ2n) is 4.73. The van der Waals surface area contributed by atoms with E-state index in [1.807, 2.05) is 0 Å². The number of aromatic nitrogens is 1. The first kappa shape index (κ1) is 13.0. The topological polar surface area (TPSA) is 48.1 Å². The van der Waals surface area contributed by atoms with Crippen molar-refractivity contribution < 1.29 is 4.74 Å². The van der Waals surface area contributed by atoms with Gasteiger partial charge in [0.25, 0.3) is 0 Å². The van der Waals surface area contributed by atoms with Gasteiger partial charge in [0, 0.05) is 18.0 Å². The molecule has 1 aromatic rings. The van der Waals surface area contributed by atoms with E-state index in [-0.39, 0.29) is 11.6 Å². The van der Waals surface area contributed by atoms with Crippen molar-refractivity contribution in [2.24, 2.45) is 5.73 Å². The summed E-state index contributed by atoms with van der Waals surface area (Å²) in [5.74, 6) is 0. The van der Waals surface area contributed by atoms with Crippen LogP contribution in [-0.2, 0) is 16.8 Å². The predicted octanol–water partition coefficient (Wildman–Crippen LogP) is 3.14. The maximum absolute atomic E-state index is 6.16. The smallest absolute Gasteiger partial charge is 0.125 e. The Balaban J connectivity index is 2.39. The molecule has 0 bridgehead atoms. The number of nitrogens with two attached hydrogens (primary N) is 1. The zero-order chi connectivity index (χ0) is 12.5. The Morgan fingerprint density at radius 2 is 2.18 bits per heavy atom. The molecular weight excluding hydrogens is 232 g/mol. The maximum atomic E-state index is 6.16. The predicted molar refractivity (Wildman–Crippen MR) is 71.2 cm³/mol. The van der Waals surface area contributed by atoms with Gasteiger partial charge in [-0.15, -0.1) is 11.3 Å². The molecule has 0 aromatic carbocycles. The van der Waals surface area contributed by atoms with Crippen molar-refractivity contribution in [2.75, 3.05) is 7.11 Å². The minimum Gasteiger partial charge on any atom is -0.371 e. The van der Waals surface area contributed by atoms with E-state index in [1.54, 1.807) is 18.4 Å². The van der Waals surface area contributed by atoms with E-state index in [0.717, 1.165) is 37.1 Å². The Bertz CT molecular complexity index is 377. The van der Waals surface area contributed by atoms with E-state index in [1.165, 1.54) is 10.6 Å². The Morgan fingerprint density at radius 3 is 2.71 bits per heavy atom. The van der Waals surface area contributed by atoms with Crippen LogP contribution in [0.1, 0.15) is 61.2 Å². The Morgan fingerprint density at radius 1 is 1.47 bits per heavy atom. The SMILES string of the molecule is CCC(CC)(OC)c1nc2c(s1)C(N)CCC2. The lowest BCUT2D eigenvalue weighted by molar-refractivity contribution is -0.0219. The van der Waals surface area contributed by atoms with E-state index in [9.17, 15) is 0 Å². The van der Waals surface area contributed by atoms with Crippen molar-refractivity contribution in [3.63, 3.8) is 0 Å². The van der Waals surface area contributed by atoms with Crippen LogP contribution in [0.2, 0.25) is 0 Å². The van der Waals surface area contributed by atoms with Gasteiger partial charge in [-0.2, -0.15) is 0 Å². The third-order valence-electron chi connectivity index (χ3n) is 3.92. The van der Waals surface area contributed by atoms with Crippen LogP contribution in [0.4, 0.5) is 0 Å². The van der Waals surface area contributed by atoms with E-state index in [2.05, 4.69) is 13.8 Å². The van der Waals surface area contributed by atoms with E-state index in [4.69, 9.17) is 15.5 Å².